The van der Waals surface area contributed by atoms with Gasteiger partial charge in [0.05, 0.1) is 18.0 Å². The van der Waals surface area contributed by atoms with Crippen LogP contribution in [-0.2, 0) is 22.3 Å². The van der Waals surface area contributed by atoms with Gasteiger partial charge in [-0.05, 0) is 31.2 Å². The second-order valence-electron chi connectivity index (χ2n) is 5.51. The van der Waals surface area contributed by atoms with Crippen LogP contribution in [0.1, 0.15) is 17.0 Å². The van der Waals surface area contributed by atoms with Crippen molar-refractivity contribution >= 4 is 16.0 Å². The van der Waals surface area contributed by atoms with Gasteiger partial charge in [-0.25, -0.2) is 31.9 Å². The minimum absolute atomic E-state index is 0.0660. The molecule has 2 aromatic rings. The average Bonchev–Trinajstić information content (AvgIpc) is 2.48. The van der Waals surface area contributed by atoms with Gasteiger partial charge in [0, 0.05) is 25.4 Å². The Morgan fingerprint density at radius 3 is 2.54 bits per heavy atom. The van der Waals surface area contributed by atoms with Gasteiger partial charge in [-0.2, -0.15) is 0 Å². The molecule has 1 heterocycles. The van der Waals surface area contributed by atoms with Crippen LogP contribution in [-0.4, -0.2) is 32.5 Å². The number of benzene rings is 1. The third kappa shape index (κ3) is 4.93. The molecule has 2 rings (SSSR count). The Labute approximate surface area is 139 Å². The molecular weight excluding hydrogens is 338 g/mol. The molecule has 1 N–H and O–H groups in total. The molecule has 0 fully saturated rings. The van der Waals surface area contributed by atoms with Crippen molar-refractivity contribution < 1.29 is 17.2 Å². The topological polar surface area (TPSA) is 75.2 Å². The maximum absolute atomic E-state index is 13.6. The highest BCUT2D eigenvalue weighted by atomic mass is 32.2. The lowest BCUT2D eigenvalue weighted by atomic mass is 10.2. The Morgan fingerprint density at radius 1 is 1.17 bits per heavy atom. The maximum Gasteiger partial charge on any atom is 0.225 e. The van der Waals surface area contributed by atoms with E-state index in [9.17, 15) is 17.2 Å². The van der Waals surface area contributed by atoms with Crippen molar-refractivity contribution in [2.75, 3.05) is 19.0 Å². The van der Waals surface area contributed by atoms with Crippen LogP contribution in [0.25, 0.3) is 0 Å². The highest BCUT2D eigenvalue weighted by molar-refractivity contribution is 7.88. The summed E-state index contributed by atoms with van der Waals surface area (Å²) in [6.45, 7) is 1.71. The molecule has 0 saturated heterocycles. The van der Waals surface area contributed by atoms with Crippen molar-refractivity contribution in [3.8, 4) is 0 Å². The van der Waals surface area contributed by atoms with E-state index in [0.29, 0.717) is 17.3 Å². The van der Waals surface area contributed by atoms with Crippen LogP contribution >= 0.6 is 0 Å². The van der Waals surface area contributed by atoms with Crippen LogP contribution in [0, 0.1) is 18.6 Å². The first kappa shape index (κ1) is 18.2. The summed E-state index contributed by atoms with van der Waals surface area (Å²) in [6.07, 6.45) is 0. The van der Waals surface area contributed by atoms with Crippen molar-refractivity contribution in [1.29, 1.82) is 0 Å². The lowest BCUT2D eigenvalue weighted by molar-refractivity contribution is 0.569. The molecule has 0 aliphatic carbocycles. The highest BCUT2D eigenvalue weighted by Gasteiger charge is 2.16. The quantitative estimate of drug-likeness (QED) is 0.853. The van der Waals surface area contributed by atoms with Crippen LogP contribution in [0.2, 0.25) is 0 Å². The van der Waals surface area contributed by atoms with Crippen LogP contribution in [0.5, 0.6) is 0 Å². The van der Waals surface area contributed by atoms with Crippen molar-refractivity contribution in [2.24, 2.45) is 0 Å². The fraction of sp³-hybridized carbons (Fsp3) is 0.333. The summed E-state index contributed by atoms with van der Waals surface area (Å²) in [5, 5.41) is 0. The monoisotopic (exact) mass is 356 g/mol. The smallest absolute Gasteiger partial charge is 0.225 e. The second kappa shape index (κ2) is 7.18. The summed E-state index contributed by atoms with van der Waals surface area (Å²) < 4.78 is 53.2. The normalized spacial score (nSPS) is 11.5. The van der Waals surface area contributed by atoms with E-state index in [4.69, 9.17) is 0 Å². The zero-order chi connectivity index (χ0) is 17.9. The molecule has 130 valence electrons. The van der Waals surface area contributed by atoms with Crippen LogP contribution in [0.3, 0.4) is 0 Å². The predicted molar refractivity (Wildman–Crippen MR) is 86.9 cm³/mol. The molecular formula is C15H18F2N4O2S. The SMILES string of the molecule is Cc1cc(CNS(=O)(=O)Cc2cc(F)ccc2F)nc(N(C)C)n1. The molecule has 0 unspecified atom stereocenters. The second-order valence-corrected chi connectivity index (χ2v) is 7.32. The number of hydrogen-bond acceptors (Lipinski definition) is 5. The summed E-state index contributed by atoms with van der Waals surface area (Å²) in [6, 6.07) is 4.36. The first-order valence-corrected chi connectivity index (χ1v) is 8.74. The molecule has 9 heteroatoms. The number of nitrogens with one attached hydrogen (secondary N) is 1. The van der Waals surface area contributed by atoms with Gasteiger partial charge in [-0.3, -0.25) is 0 Å². The Morgan fingerprint density at radius 2 is 1.88 bits per heavy atom. The Kier molecular flexibility index (Phi) is 5.45. The summed E-state index contributed by atoms with van der Waals surface area (Å²) in [5.41, 5.74) is 0.948. The number of halogens is 2. The van der Waals surface area contributed by atoms with Crippen LogP contribution in [0.4, 0.5) is 14.7 Å². The van der Waals surface area contributed by atoms with E-state index in [1.54, 1.807) is 32.0 Å². The average molecular weight is 356 g/mol. The maximum atomic E-state index is 13.6. The van der Waals surface area contributed by atoms with E-state index in [1.165, 1.54) is 0 Å². The van der Waals surface area contributed by atoms with E-state index in [0.717, 1.165) is 18.2 Å². The van der Waals surface area contributed by atoms with E-state index < -0.39 is 27.4 Å². The van der Waals surface area contributed by atoms with Gasteiger partial charge in [-0.15, -0.1) is 0 Å². The molecule has 0 radical (unpaired) electrons. The minimum atomic E-state index is -3.85. The van der Waals surface area contributed by atoms with Crippen LogP contribution in [0.15, 0.2) is 24.3 Å². The van der Waals surface area contributed by atoms with Gasteiger partial charge in [0.1, 0.15) is 11.6 Å². The summed E-state index contributed by atoms with van der Waals surface area (Å²) >= 11 is 0. The lowest BCUT2D eigenvalue weighted by Gasteiger charge is -2.13. The zero-order valence-corrected chi connectivity index (χ0v) is 14.4. The van der Waals surface area contributed by atoms with Gasteiger partial charge in [0.2, 0.25) is 16.0 Å². The van der Waals surface area contributed by atoms with Crippen molar-refractivity contribution in [1.82, 2.24) is 14.7 Å². The molecule has 0 amide bonds. The summed E-state index contributed by atoms with van der Waals surface area (Å²) in [7, 11) is -0.302. The first-order valence-electron chi connectivity index (χ1n) is 7.09. The Hall–Kier alpha value is -2.13. The number of aryl methyl sites for hydroxylation is 1. The third-order valence-corrected chi connectivity index (χ3v) is 4.40. The van der Waals surface area contributed by atoms with Gasteiger partial charge >= 0.3 is 0 Å². The number of aromatic nitrogens is 2. The molecule has 1 aromatic carbocycles. The number of hydrogen-bond donors (Lipinski definition) is 1. The van der Waals surface area contributed by atoms with Crippen molar-refractivity contribution in [3.05, 3.63) is 52.9 Å². The van der Waals surface area contributed by atoms with Crippen molar-refractivity contribution in [3.63, 3.8) is 0 Å². The molecule has 24 heavy (non-hydrogen) atoms. The first-order chi connectivity index (χ1) is 11.2. The van der Waals surface area contributed by atoms with Gasteiger partial charge in [0.15, 0.2) is 0 Å². The van der Waals surface area contributed by atoms with E-state index in [1.807, 2.05) is 0 Å². The number of anilines is 1. The molecule has 6 nitrogen and oxygen atoms in total. The highest BCUT2D eigenvalue weighted by Crippen LogP contribution is 2.13. The van der Waals surface area contributed by atoms with E-state index in [2.05, 4.69) is 14.7 Å². The third-order valence-electron chi connectivity index (χ3n) is 3.12. The molecule has 0 aliphatic rings. The molecule has 0 saturated carbocycles. The lowest BCUT2D eigenvalue weighted by Crippen LogP contribution is -2.26. The van der Waals surface area contributed by atoms with Gasteiger partial charge in [-0.1, -0.05) is 0 Å². The summed E-state index contributed by atoms with van der Waals surface area (Å²) in [5.74, 6) is -1.65. The number of rotatable bonds is 6. The molecule has 0 atom stereocenters. The van der Waals surface area contributed by atoms with Crippen molar-refractivity contribution in [2.45, 2.75) is 19.2 Å². The Bertz CT molecular complexity index is 841. The molecule has 0 aliphatic heterocycles. The largest absolute Gasteiger partial charge is 0.347 e. The van der Waals surface area contributed by atoms with Gasteiger partial charge in [0.25, 0.3) is 0 Å². The fourth-order valence-corrected chi connectivity index (χ4v) is 3.10. The minimum Gasteiger partial charge on any atom is -0.347 e. The Balaban J connectivity index is 2.12. The predicted octanol–water partition coefficient (Wildman–Crippen LogP) is 1.75. The zero-order valence-electron chi connectivity index (χ0n) is 13.5. The standard InChI is InChI=1S/C15H18F2N4O2S/c1-10-6-13(20-15(19-10)21(2)3)8-18-24(22,23)9-11-7-12(16)4-5-14(11)17/h4-7,18H,8-9H2,1-3H3. The molecule has 0 spiro atoms. The summed E-state index contributed by atoms with van der Waals surface area (Å²) in [4.78, 5) is 10.1. The number of nitrogens with zero attached hydrogens (tertiary/aromatic N) is 3. The van der Waals surface area contributed by atoms with Gasteiger partial charge < -0.3 is 4.90 Å². The number of sulfonamides is 1. The molecule has 1 aromatic heterocycles. The van der Waals surface area contributed by atoms with Crippen LogP contribution < -0.4 is 9.62 Å². The fourth-order valence-electron chi connectivity index (χ4n) is 2.00. The molecule has 0 bridgehead atoms. The van der Waals surface area contributed by atoms with E-state index >= 15 is 0 Å². The van der Waals surface area contributed by atoms with E-state index in [-0.39, 0.29) is 12.1 Å².